The van der Waals surface area contributed by atoms with Crippen molar-refractivity contribution >= 4 is 17.3 Å². The number of nitrogens with one attached hydrogen (secondary N) is 1. The van der Waals surface area contributed by atoms with Crippen LogP contribution >= 0.6 is 0 Å². The molecule has 0 saturated carbocycles. The maximum atomic E-state index is 11.7. The first-order chi connectivity index (χ1) is 8.49. The number of carbonyl (C=O) groups excluding carboxylic acids is 1. The van der Waals surface area contributed by atoms with Gasteiger partial charge in [0, 0.05) is 5.92 Å². The second kappa shape index (κ2) is 6.00. The fourth-order valence-corrected chi connectivity index (χ4v) is 1.34. The van der Waals surface area contributed by atoms with Gasteiger partial charge in [0.15, 0.2) is 0 Å². The van der Waals surface area contributed by atoms with Crippen molar-refractivity contribution in [3.05, 3.63) is 28.3 Å². The molecule has 0 fully saturated rings. The maximum absolute atomic E-state index is 11.7. The van der Waals surface area contributed by atoms with Gasteiger partial charge in [-0.15, -0.1) is 0 Å². The normalized spacial score (nSPS) is 11.7. The smallest absolute Gasteiger partial charge is 0.296 e. The molecule has 1 amide bonds. The SMILES string of the molecule is CC[C@H](C)C(=O)Nc1ccc(OC)cc1[N+](=O)[O-]. The van der Waals surface area contributed by atoms with E-state index in [0.29, 0.717) is 12.2 Å². The summed E-state index contributed by atoms with van der Waals surface area (Å²) in [4.78, 5) is 22.1. The van der Waals surface area contributed by atoms with E-state index in [0.717, 1.165) is 0 Å². The Morgan fingerprint density at radius 1 is 1.56 bits per heavy atom. The van der Waals surface area contributed by atoms with Crippen molar-refractivity contribution in [1.82, 2.24) is 0 Å². The number of amides is 1. The number of anilines is 1. The zero-order chi connectivity index (χ0) is 13.7. The predicted octanol–water partition coefficient (Wildman–Crippen LogP) is 2.59. The maximum Gasteiger partial charge on any atom is 0.296 e. The molecule has 18 heavy (non-hydrogen) atoms. The van der Waals surface area contributed by atoms with E-state index in [-0.39, 0.29) is 23.2 Å². The van der Waals surface area contributed by atoms with Gasteiger partial charge in [0.05, 0.1) is 18.1 Å². The Balaban J connectivity index is 3.01. The lowest BCUT2D eigenvalue weighted by atomic mass is 10.1. The average Bonchev–Trinajstić information content (AvgIpc) is 2.37. The van der Waals surface area contributed by atoms with Crippen LogP contribution in [0.5, 0.6) is 5.75 Å². The van der Waals surface area contributed by atoms with E-state index in [1.54, 1.807) is 13.0 Å². The molecule has 1 N–H and O–H groups in total. The summed E-state index contributed by atoms with van der Waals surface area (Å²) in [6, 6.07) is 4.32. The molecule has 0 bridgehead atoms. The number of nitro benzene ring substituents is 1. The summed E-state index contributed by atoms with van der Waals surface area (Å²) in [5, 5.41) is 13.5. The Labute approximate surface area is 105 Å². The molecule has 0 unspecified atom stereocenters. The van der Waals surface area contributed by atoms with Crippen LogP contribution in [-0.4, -0.2) is 17.9 Å². The fraction of sp³-hybridized carbons (Fsp3) is 0.417. The third kappa shape index (κ3) is 3.19. The van der Waals surface area contributed by atoms with E-state index in [9.17, 15) is 14.9 Å². The lowest BCUT2D eigenvalue weighted by Crippen LogP contribution is -2.20. The summed E-state index contributed by atoms with van der Waals surface area (Å²) >= 11 is 0. The van der Waals surface area contributed by atoms with Crippen LogP contribution in [0.1, 0.15) is 20.3 Å². The molecule has 98 valence electrons. The van der Waals surface area contributed by atoms with Crippen LogP contribution < -0.4 is 10.1 Å². The minimum Gasteiger partial charge on any atom is -0.496 e. The molecule has 0 aromatic heterocycles. The van der Waals surface area contributed by atoms with Crippen molar-refractivity contribution in [3.63, 3.8) is 0 Å². The van der Waals surface area contributed by atoms with E-state index < -0.39 is 4.92 Å². The lowest BCUT2D eigenvalue weighted by molar-refractivity contribution is -0.384. The second-order valence-corrected chi connectivity index (χ2v) is 3.94. The number of carbonyl (C=O) groups is 1. The number of benzene rings is 1. The van der Waals surface area contributed by atoms with Gasteiger partial charge in [0.1, 0.15) is 11.4 Å². The number of methoxy groups -OCH3 is 1. The molecule has 0 saturated heterocycles. The van der Waals surface area contributed by atoms with Crippen LogP contribution in [0.15, 0.2) is 18.2 Å². The van der Waals surface area contributed by atoms with E-state index in [1.807, 2.05) is 6.92 Å². The fourth-order valence-electron chi connectivity index (χ4n) is 1.34. The molecule has 0 aliphatic carbocycles. The summed E-state index contributed by atoms with van der Waals surface area (Å²) in [5.41, 5.74) is 0.0112. The molecule has 0 aliphatic heterocycles. The van der Waals surface area contributed by atoms with Gasteiger partial charge >= 0.3 is 0 Å². The van der Waals surface area contributed by atoms with Crippen molar-refractivity contribution in [3.8, 4) is 5.75 Å². The first-order valence-corrected chi connectivity index (χ1v) is 5.62. The second-order valence-electron chi connectivity index (χ2n) is 3.94. The molecule has 0 heterocycles. The molecular weight excluding hydrogens is 236 g/mol. The van der Waals surface area contributed by atoms with Gasteiger partial charge in [-0.3, -0.25) is 14.9 Å². The quantitative estimate of drug-likeness (QED) is 0.645. The van der Waals surface area contributed by atoms with E-state index >= 15 is 0 Å². The number of nitro groups is 1. The minimum absolute atomic E-state index is 0.175. The van der Waals surface area contributed by atoms with Crippen molar-refractivity contribution < 1.29 is 14.5 Å². The number of hydrogen-bond acceptors (Lipinski definition) is 4. The Morgan fingerprint density at radius 3 is 2.72 bits per heavy atom. The topological polar surface area (TPSA) is 81.5 Å². The Bertz CT molecular complexity index is 459. The van der Waals surface area contributed by atoms with Crippen LogP contribution in [0, 0.1) is 16.0 Å². The van der Waals surface area contributed by atoms with Crippen LogP contribution in [0.2, 0.25) is 0 Å². The van der Waals surface area contributed by atoms with Crippen LogP contribution in [0.4, 0.5) is 11.4 Å². The molecule has 0 aliphatic rings. The molecule has 6 heteroatoms. The third-order valence-corrected chi connectivity index (χ3v) is 2.72. The molecule has 1 aromatic carbocycles. The van der Waals surface area contributed by atoms with Crippen molar-refractivity contribution in [2.45, 2.75) is 20.3 Å². The lowest BCUT2D eigenvalue weighted by Gasteiger charge is -2.10. The number of nitrogens with zero attached hydrogens (tertiary/aromatic N) is 1. The first-order valence-electron chi connectivity index (χ1n) is 5.62. The molecule has 0 spiro atoms. The van der Waals surface area contributed by atoms with Crippen LogP contribution in [0.25, 0.3) is 0 Å². The van der Waals surface area contributed by atoms with Crippen molar-refractivity contribution in [2.24, 2.45) is 5.92 Å². The number of hydrogen-bond donors (Lipinski definition) is 1. The predicted molar refractivity (Wildman–Crippen MR) is 67.7 cm³/mol. The highest BCUT2D eigenvalue weighted by Gasteiger charge is 2.19. The van der Waals surface area contributed by atoms with Crippen molar-refractivity contribution in [2.75, 3.05) is 12.4 Å². The van der Waals surface area contributed by atoms with E-state index in [4.69, 9.17) is 4.74 Å². The molecular formula is C12H16N2O4. The van der Waals surface area contributed by atoms with Gasteiger partial charge < -0.3 is 10.1 Å². The summed E-state index contributed by atoms with van der Waals surface area (Å²) in [5.74, 6) is -0.0410. The Kier molecular flexibility index (Phi) is 4.65. The van der Waals surface area contributed by atoms with E-state index in [1.165, 1.54) is 19.2 Å². The van der Waals surface area contributed by atoms with Crippen LogP contribution in [-0.2, 0) is 4.79 Å². The monoisotopic (exact) mass is 252 g/mol. The molecule has 0 radical (unpaired) electrons. The molecule has 1 aromatic rings. The van der Waals surface area contributed by atoms with Gasteiger partial charge in [-0.1, -0.05) is 13.8 Å². The molecule has 6 nitrogen and oxygen atoms in total. The zero-order valence-electron chi connectivity index (χ0n) is 10.6. The summed E-state index contributed by atoms with van der Waals surface area (Å²) in [6.07, 6.45) is 0.676. The minimum atomic E-state index is -0.547. The Hall–Kier alpha value is -2.11. The third-order valence-electron chi connectivity index (χ3n) is 2.72. The van der Waals surface area contributed by atoms with Gasteiger partial charge in [-0.25, -0.2) is 0 Å². The van der Waals surface area contributed by atoms with Gasteiger partial charge in [0.2, 0.25) is 5.91 Å². The highest BCUT2D eigenvalue weighted by Crippen LogP contribution is 2.29. The number of ether oxygens (including phenoxy) is 1. The highest BCUT2D eigenvalue weighted by molar-refractivity contribution is 5.94. The summed E-state index contributed by atoms with van der Waals surface area (Å²) in [7, 11) is 1.43. The molecule has 1 atom stereocenters. The first kappa shape index (κ1) is 14.0. The van der Waals surface area contributed by atoms with Gasteiger partial charge in [0.25, 0.3) is 5.69 Å². The Morgan fingerprint density at radius 2 is 2.22 bits per heavy atom. The standard InChI is InChI=1S/C12H16N2O4/c1-4-8(2)12(15)13-10-6-5-9(18-3)7-11(10)14(16)17/h5-8H,4H2,1-3H3,(H,13,15)/t8-/m0/s1. The summed E-state index contributed by atoms with van der Waals surface area (Å²) in [6.45, 7) is 3.65. The van der Waals surface area contributed by atoms with E-state index in [2.05, 4.69) is 5.32 Å². The zero-order valence-corrected chi connectivity index (χ0v) is 10.6. The largest absolute Gasteiger partial charge is 0.496 e. The van der Waals surface area contributed by atoms with Gasteiger partial charge in [-0.2, -0.15) is 0 Å². The average molecular weight is 252 g/mol. The highest BCUT2D eigenvalue weighted by atomic mass is 16.6. The number of rotatable bonds is 5. The van der Waals surface area contributed by atoms with Gasteiger partial charge in [-0.05, 0) is 18.6 Å². The summed E-state index contributed by atoms with van der Waals surface area (Å²) < 4.78 is 4.92. The van der Waals surface area contributed by atoms with Crippen LogP contribution in [0.3, 0.4) is 0 Å². The van der Waals surface area contributed by atoms with Crippen molar-refractivity contribution in [1.29, 1.82) is 0 Å². The molecule has 1 rings (SSSR count).